The Balaban J connectivity index is 1.77. The molecule has 1 heterocycles. The van der Waals surface area contributed by atoms with Crippen LogP contribution in [0.4, 0.5) is 11.4 Å². The van der Waals surface area contributed by atoms with E-state index in [0.29, 0.717) is 10.0 Å². The van der Waals surface area contributed by atoms with Gasteiger partial charge in [-0.2, -0.15) is 0 Å². The number of nitrogens with zero attached hydrogens (tertiary/aromatic N) is 1. The number of nitrogens with one attached hydrogen (secondary N) is 1. The average Bonchev–Trinajstić information content (AvgIpc) is 2.82. The minimum absolute atomic E-state index is 0.150. The van der Waals surface area contributed by atoms with Crippen LogP contribution >= 0.6 is 24.0 Å². The lowest BCUT2D eigenvalue weighted by Crippen LogP contribution is -2.34. The average molecular weight is 379 g/mol. The van der Waals surface area contributed by atoms with E-state index in [1.54, 1.807) is 12.1 Å². The number of carbonyl (C=O) groups excluding carboxylic acids is 1. The maximum Gasteiger partial charge on any atom is 0.266 e. The monoisotopic (exact) mass is 378 g/mol. The third kappa shape index (κ3) is 3.45. The van der Waals surface area contributed by atoms with Crippen LogP contribution in [-0.2, 0) is 14.6 Å². The Morgan fingerprint density at radius 2 is 1.71 bits per heavy atom. The molecule has 0 spiro atoms. The van der Waals surface area contributed by atoms with Crippen LogP contribution in [0, 0.1) is 0 Å². The number of hydrogen-bond acceptors (Lipinski definition) is 6. The maximum atomic E-state index is 12.6. The summed E-state index contributed by atoms with van der Waals surface area (Å²) in [6.07, 6.45) is 1.15. The highest BCUT2D eigenvalue weighted by atomic mass is 32.2. The van der Waals surface area contributed by atoms with Crippen molar-refractivity contribution in [3.8, 4) is 0 Å². The molecule has 1 aliphatic rings. The Bertz CT molecular complexity index is 881. The number of thioether (sulfide) groups is 1. The molecule has 8 heteroatoms. The van der Waals surface area contributed by atoms with Gasteiger partial charge in [-0.1, -0.05) is 42.2 Å². The van der Waals surface area contributed by atoms with Gasteiger partial charge in [0, 0.05) is 11.9 Å². The summed E-state index contributed by atoms with van der Waals surface area (Å²) in [6, 6.07) is 15.5. The van der Waals surface area contributed by atoms with E-state index >= 15 is 0 Å². The summed E-state index contributed by atoms with van der Waals surface area (Å²) in [4.78, 5) is 14.3. The van der Waals surface area contributed by atoms with Crippen LogP contribution in [0.1, 0.15) is 0 Å². The van der Waals surface area contributed by atoms with Gasteiger partial charge in [0.2, 0.25) is 0 Å². The molecule has 1 atom stereocenters. The van der Waals surface area contributed by atoms with Crippen molar-refractivity contribution >= 4 is 55.4 Å². The lowest BCUT2D eigenvalue weighted by Gasteiger charge is -2.16. The van der Waals surface area contributed by atoms with Crippen molar-refractivity contribution in [3.63, 3.8) is 0 Å². The van der Waals surface area contributed by atoms with E-state index in [-0.39, 0.29) is 10.8 Å². The summed E-state index contributed by atoms with van der Waals surface area (Å²) >= 11 is 6.57. The van der Waals surface area contributed by atoms with E-state index in [1.807, 2.05) is 30.3 Å². The van der Waals surface area contributed by atoms with E-state index < -0.39 is 15.2 Å². The van der Waals surface area contributed by atoms with Crippen LogP contribution in [0.3, 0.4) is 0 Å². The van der Waals surface area contributed by atoms with Gasteiger partial charge in [0.1, 0.15) is 4.32 Å². The molecule has 3 rings (SSSR count). The molecule has 5 nitrogen and oxygen atoms in total. The Morgan fingerprint density at radius 3 is 2.29 bits per heavy atom. The Hall–Kier alpha value is -1.90. The zero-order chi connectivity index (χ0) is 17.3. The van der Waals surface area contributed by atoms with Crippen molar-refractivity contribution in [1.82, 2.24) is 0 Å². The Kier molecular flexibility index (Phi) is 4.62. The van der Waals surface area contributed by atoms with E-state index in [2.05, 4.69) is 5.32 Å². The molecule has 2 aromatic carbocycles. The van der Waals surface area contributed by atoms with E-state index in [1.165, 1.54) is 28.8 Å². The number of sulfone groups is 1. The number of carbonyl (C=O) groups is 1. The number of anilines is 2. The Labute approximate surface area is 150 Å². The van der Waals surface area contributed by atoms with Crippen LogP contribution in [0.25, 0.3) is 0 Å². The van der Waals surface area contributed by atoms with Gasteiger partial charge >= 0.3 is 0 Å². The minimum Gasteiger partial charge on any atom is -0.365 e. The predicted octanol–water partition coefficient (Wildman–Crippen LogP) is 2.89. The van der Waals surface area contributed by atoms with Crippen LogP contribution in [0.2, 0.25) is 0 Å². The molecule has 0 bridgehead atoms. The molecule has 1 N–H and O–H groups in total. The summed E-state index contributed by atoms with van der Waals surface area (Å²) in [6.45, 7) is 0. The van der Waals surface area contributed by atoms with Gasteiger partial charge in [-0.15, -0.1) is 0 Å². The molecule has 124 valence electrons. The largest absolute Gasteiger partial charge is 0.365 e. The van der Waals surface area contributed by atoms with E-state index in [9.17, 15) is 13.2 Å². The lowest BCUT2D eigenvalue weighted by atomic mass is 10.3. The number of para-hydroxylation sites is 1. The first-order chi connectivity index (χ1) is 11.4. The van der Waals surface area contributed by atoms with Crippen LogP contribution in [0.15, 0.2) is 59.5 Å². The lowest BCUT2D eigenvalue weighted by molar-refractivity contribution is -0.116. The first-order valence-corrected chi connectivity index (χ1v) is 10.2. The molecule has 0 radical (unpaired) electrons. The molecule has 1 saturated heterocycles. The van der Waals surface area contributed by atoms with Gasteiger partial charge in [0.15, 0.2) is 15.2 Å². The zero-order valence-corrected chi connectivity index (χ0v) is 15.1. The molecule has 1 fully saturated rings. The first kappa shape index (κ1) is 16.9. The number of hydrogen-bond donors (Lipinski definition) is 1. The summed E-state index contributed by atoms with van der Waals surface area (Å²) in [5, 5.41) is 2.55. The topological polar surface area (TPSA) is 66.5 Å². The molecule has 0 saturated carbocycles. The molecule has 1 aliphatic heterocycles. The molecule has 24 heavy (non-hydrogen) atoms. The van der Waals surface area contributed by atoms with Crippen LogP contribution < -0.4 is 10.2 Å². The predicted molar refractivity (Wildman–Crippen MR) is 101 cm³/mol. The van der Waals surface area contributed by atoms with Crippen LogP contribution in [0.5, 0.6) is 0 Å². The SMILES string of the molecule is CS(=O)(=O)c1ccc(NC2SC(=S)N(c3ccccc3)C2=O)cc1. The minimum atomic E-state index is -3.24. The maximum absolute atomic E-state index is 12.6. The normalized spacial score (nSPS) is 18.0. The van der Waals surface area contributed by atoms with Crippen molar-refractivity contribution in [1.29, 1.82) is 0 Å². The molecule has 0 aromatic heterocycles. The fourth-order valence-electron chi connectivity index (χ4n) is 2.26. The van der Waals surface area contributed by atoms with Crippen molar-refractivity contribution in [2.75, 3.05) is 16.5 Å². The summed E-state index contributed by atoms with van der Waals surface area (Å²) in [5.41, 5.74) is 1.39. The third-order valence-corrected chi connectivity index (χ3v) is 5.98. The third-order valence-electron chi connectivity index (χ3n) is 3.44. The summed E-state index contributed by atoms with van der Waals surface area (Å²) < 4.78 is 23.4. The molecular weight excluding hydrogens is 364 g/mol. The first-order valence-electron chi connectivity index (χ1n) is 7.02. The van der Waals surface area contributed by atoms with Crippen LogP contribution in [-0.4, -0.2) is 30.3 Å². The van der Waals surface area contributed by atoms with E-state index in [0.717, 1.165) is 11.9 Å². The van der Waals surface area contributed by atoms with Gasteiger partial charge in [-0.3, -0.25) is 9.69 Å². The second-order valence-electron chi connectivity index (χ2n) is 5.21. The quantitative estimate of drug-likeness (QED) is 0.826. The molecule has 0 aliphatic carbocycles. The molecule has 1 amide bonds. The number of amides is 1. The smallest absolute Gasteiger partial charge is 0.266 e. The van der Waals surface area contributed by atoms with Gasteiger partial charge in [0.25, 0.3) is 5.91 Å². The van der Waals surface area contributed by atoms with Gasteiger partial charge in [-0.05, 0) is 36.4 Å². The second-order valence-corrected chi connectivity index (χ2v) is 8.97. The van der Waals surface area contributed by atoms with Crippen molar-refractivity contribution in [2.45, 2.75) is 10.3 Å². The Morgan fingerprint density at radius 1 is 1.08 bits per heavy atom. The number of thiocarbonyl (C=S) groups is 1. The summed E-state index contributed by atoms with van der Waals surface area (Å²) in [5.74, 6) is -0.150. The fourth-order valence-corrected chi connectivity index (χ4v) is 4.28. The fraction of sp³-hybridized carbons (Fsp3) is 0.125. The highest BCUT2D eigenvalue weighted by molar-refractivity contribution is 8.25. The van der Waals surface area contributed by atoms with Gasteiger partial charge in [0.05, 0.1) is 10.6 Å². The number of benzene rings is 2. The van der Waals surface area contributed by atoms with Crippen molar-refractivity contribution in [3.05, 3.63) is 54.6 Å². The standard InChI is InChI=1S/C16H14N2O3S3/c1-24(20,21)13-9-7-11(8-10-13)17-14-15(19)18(16(22)23-14)12-5-3-2-4-6-12/h2-10,14,17H,1H3. The molecule has 1 unspecified atom stereocenters. The zero-order valence-electron chi connectivity index (χ0n) is 12.7. The summed E-state index contributed by atoms with van der Waals surface area (Å²) in [7, 11) is -3.24. The second kappa shape index (κ2) is 6.54. The highest BCUT2D eigenvalue weighted by Crippen LogP contribution is 2.32. The number of rotatable bonds is 4. The van der Waals surface area contributed by atoms with Crippen molar-refractivity contribution < 1.29 is 13.2 Å². The highest BCUT2D eigenvalue weighted by Gasteiger charge is 2.37. The van der Waals surface area contributed by atoms with Crippen molar-refractivity contribution in [2.24, 2.45) is 0 Å². The molecular formula is C16H14N2O3S3. The van der Waals surface area contributed by atoms with Gasteiger partial charge < -0.3 is 5.32 Å². The van der Waals surface area contributed by atoms with E-state index in [4.69, 9.17) is 12.2 Å². The van der Waals surface area contributed by atoms with Gasteiger partial charge in [-0.25, -0.2) is 8.42 Å². The molecule has 2 aromatic rings.